The van der Waals surface area contributed by atoms with Gasteiger partial charge in [-0.3, -0.25) is 9.59 Å². The number of benzene rings is 1. The van der Waals surface area contributed by atoms with Crippen molar-refractivity contribution in [1.82, 2.24) is 4.90 Å². The molecule has 1 aromatic carbocycles. The Morgan fingerprint density at radius 3 is 2.67 bits per heavy atom. The summed E-state index contributed by atoms with van der Waals surface area (Å²) in [6, 6.07) is 2.44. The van der Waals surface area contributed by atoms with Crippen molar-refractivity contribution in [2.45, 2.75) is 19.0 Å². The summed E-state index contributed by atoms with van der Waals surface area (Å²) in [5.41, 5.74) is 3.82. The van der Waals surface area contributed by atoms with Gasteiger partial charge in [-0.25, -0.2) is 4.39 Å². The van der Waals surface area contributed by atoms with Crippen LogP contribution in [-0.4, -0.2) is 36.3 Å². The van der Waals surface area contributed by atoms with E-state index in [4.69, 9.17) is 5.73 Å². The molecule has 0 aliphatic carbocycles. The molecular weight excluding hydrogens is 330 g/mol. The highest BCUT2D eigenvalue weighted by Crippen LogP contribution is 2.32. The van der Waals surface area contributed by atoms with E-state index in [0.29, 0.717) is 31.5 Å². The Morgan fingerprint density at radius 2 is 2.04 bits per heavy atom. The molecule has 2 amide bonds. The van der Waals surface area contributed by atoms with Crippen LogP contribution < -0.4 is 11.1 Å². The predicted molar refractivity (Wildman–Crippen MR) is 78.4 cm³/mol. The summed E-state index contributed by atoms with van der Waals surface area (Å²) in [4.78, 5) is 24.7. The molecule has 1 saturated heterocycles. The Balaban J connectivity index is 1.98. The number of halogens is 4. The van der Waals surface area contributed by atoms with E-state index in [0.717, 1.165) is 6.07 Å². The lowest BCUT2D eigenvalue weighted by Gasteiger charge is -2.31. The van der Waals surface area contributed by atoms with Crippen LogP contribution in [0.4, 0.5) is 23.2 Å². The Hall–Kier alpha value is -2.32. The van der Waals surface area contributed by atoms with Crippen molar-refractivity contribution in [3.8, 4) is 0 Å². The van der Waals surface area contributed by atoms with Crippen LogP contribution in [0.25, 0.3) is 0 Å². The number of carbonyl (C=O) groups is 2. The molecule has 1 heterocycles. The number of rotatable bonds is 4. The number of amides is 2. The first kappa shape index (κ1) is 18.0. The smallest absolute Gasteiger partial charge is 0.376 e. The Morgan fingerprint density at radius 1 is 1.33 bits per heavy atom. The van der Waals surface area contributed by atoms with E-state index in [1.54, 1.807) is 0 Å². The molecule has 3 N–H and O–H groups in total. The topological polar surface area (TPSA) is 75.4 Å². The SMILES string of the molecule is NC(=O)C1CCCN(C(=O)CNc2ccc(F)c(C(F)(F)F)c2)C1. The summed E-state index contributed by atoms with van der Waals surface area (Å²) in [5, 5.41) is 2.55. The van der Waals surface area contributed by atoms with Crippen molar-refractivity contribution < 1.29 is 27.2 Å². The monoisotopic (exact) mass is 347 g/mol. The van der Waals surface area contributed by atoms with Crippen LogP contribution in [0.15, 0.2) is 18.2 Å². The van der Waals surface area contributed by atoms with E-state index >= 15 is 0 Å². The average Bonchev–Trinajstić information content (AvgIpc) is 2.52. The number of nitrogens with two attached hydrogens (primary N) is 1. The van der Waals surface area contributed by atoms with Crippen LogP contribution in [0.5, 0.6) is 0 Å². The number of alkyl halides is 3. The van der Waals surface area contributed by atoms with Crippen molar-refractivity contribution >= 4 is 17.5 Å². The minimum absolute atomic E-state index is 0.0134. The number of nitrogens with one attached hydrogen (secondary N) is 1. The zero-order valence-corrected chi connectivity index (χ0v) is 12.7. The van der Waals surface area contributed by atoms with Gasteiger partial charge in [0.05, 0.1) is 18.0 Å². The van der Waals surface area contributed by atoms with Gasteiger partial charge in [0.15, 0.2) is 0 Å². The van der Waals surface area contributed by atoms with Crippen molar-refractivity contribution in [2.24, 2.45) is 11.7 Å². The molecule has 1 aromatic rings. The first-order chi connectivity index (χ1) is 11.2. The minimum atomic E-state index is -4.81. The second-order valence-electron chi connectivity index (χ2n) is 5.63. The molecule has 24 heavy (non-hydrogen) atoms. The highest BCUT2D eigenvalue weighted by Gasteiger charge is 2.34. The van der Waals surface area contributed by atoms with Gasteiger partial charge in [0, 0.05) is 18.8 Å². The van der Waals surface area contributed by atoms with Crippen LogP contribution in [0.1, 0.15) is 18.4 Å². The highest BCUT2D eigenvalue weighted by molar-refractivity contribution is 5.83. The van der Waals surface area contributed by atoms with Crippen molar-refractivity contribution in [3.05, 3.63) is 29.6 Å². The van der Waals surface area contributed by atoms with Gasteiger partial charge in [0.1, 0.15) is 5.82 Å². The average molecular weight is 347 g/mol. The Kier molecular flexibility index (Phi) is 5.30. The third-order valence-electron chi connectivity index (χ3n) is 3.89. The van der Waals surface area contributed by atoms with E-state index in [9.17, 15) is 27.2 Å². The minimum Gasteiger partial charge on any atom is -0.376 e. The molecule has 1 atom stereocenters. The van der Waals surface area contributed by atoms with Gasteiger partial charge in [-0.2, -0.15) is 13.2 Å². The van der Waals surface area contributed by atoms with Crippen LogP contribution in [0.3, 0.4) is 0 Å². The van der Waals surface area contributed by atoms with Gasteiger partial charge in [0.2, 0.25) is 11.8 Å². The van der Waals surface area contributed by atoms with Crippen LogP contribution >= 0.6 is 0 Å². The number of anilines is 1. The molecular formula is C15H17F4N3O2. The van der Waals surface area contributed by atoms with E-state index in [1.165, 1.54) is 4.90 Å². The third kappa shape index (κ3) is 4.36. The van der Waals surface area contributed by atoms with E-state index in [1.807, 2.05) is 0 Å². The van der Waals surface area contributed by atoms with E-state index < -0.39 is 29.4 Å². The molecule has 0 aromatic heterocycles. The molecule has 1 fully saturated rings. The summed E-state index contributed by atoms with van der Waals surface area (Å²) in [5.74, 6) is -2.63. The molecule has 1 unspecified atom stereocenters. The lowest BCUT2D eigenvalue weighted by Crippen LogP contribution is -2.45. The number of carbonyl (C=O) groups excluding carboxylic acids is 2. The zero-order chi connectivity index (χ0) is 17.9. The molecule has 0 spiro atoms. The molecule has 5 nitrogen and oxygen atoms in total. The molecule has 1 aliphatic heterocycles. The maximum Gasteiger partial charge on any atom is 0.419 e. The van der Waals surface area contributed by atoms with E-state index in [-0.39, 0.29) is 24.7 Å². The number of likely N-dealkylation sites (tertiary alicyclic amines) is 1. The second-order valence-corrected chi connectivity index (χ2v) is 5.63. The summed E-state index contributed by atoms with van der Waals surface area (Å²) in [6.07, 6.45) is -3.57. The van der Waals surface area contributed by atoms with Gasteiger partial charge in [-0.05, 0) is 31.0 Å². The van der Waals surface area contributed by atoms with Crippen LogP contribution in [-0.2, 0) is 15.8 Å². The summed E-state index contributed by atoms with van der Waals surface area (Å²) in [7, 11) is 0. The van der Waals surface area contributed by atoms with Gasteiger partial charge in [0.25, 0.3) is 0 Å². The normalized spacial score (nSPS) is 18.3. The van der Waals surface area contributed by atoms with Crippen LogP contribution in [0, 0.1) is 11.7 Å². The van der Waals surface area contributed by atoms with Crippen LogP contribution in [0.2, 0.25) is 0 Å². The largest absolute Gasteiger partial charge is 0.419 e. The summed E-state index contributed by atoms with van der Waals surface area (Å²) in [6.45, 7) is 0.406. The molecule has 9 heteroatoms. The summed E-state index contributed by atoms with van der Waals surface area (Å²) < 4.78 is 51.2. The summed E-state index contributed by atoms with van der Waals surface area (Å²) >= 11 is 0. The van der Waals surface area contributed by atoms with Gasteiger partial charge < -0.3 is 16.0 Å². The first-order valence-corrected chi connectivity index (χ1v) is 7.36. The number of nitrogens with zero attached hydrogens (tertiary/aromatic N) is 1. The van der Waals surface area contributed by atoms with Crippen molar-refractivity contribution in [1.29, 1.82) is 0 Å². The standard InChI is InChI=1S/C15H17F4N3O2/c16-12-4-3-10(6-11(12)15(17,18)19)21-7-13(23)22-5-1-2-9(8-22)14(20)24/h3-4,6,9,21H,1-2,5,7-8H2,(H2,20,24). The van der Waals surface area contributed by atoms with E-state index in [2.05, 4.69) is 5.32 Å². The fourth-order valence-corrected chi connectivity index (χ4v) is 2.58. The number of hydrogen-bond donors (Lipinski definition) is 2. The highest BCUT2D eigenvalue weighted by atomic mass is 19.4. The number of hydrogen-bond acceptors (Lipinski definition) is 3. The van der Waals surface area contributed by atoms with Gasteiger partial charge in [-0.15, -0.1) is 0 Å². The molecule has 132 valence electrons. The third-order valence-corrected chi connectivity index (χ3v) is 3.89. The lowest BCUT2D eigenvalue weighted by atomic mass is 9.97. The van der Waals surface area contributed by atoms with Crippen molar-refractivity contribution in [2.75, 3.05) is 25.0 Å². The maximum atomic E-state index is 13.2. The first-order valence-electron chi connectivity index (χ1n) is 7.36. The Bertz CT molecular complexity index is 634. The molecule has 2 rings (SSSR count). The molecule has 0 saturated carbocycles. The molecule has 0 bridgehead atoms. The molecule has 1 aliphatic rings. The fourth-order valence-electron chi connectivity index (χ4n) is 2.58. The number of piperidine rings is 1. The predicted octanol–water partition coefficient (Wildman–Crippen LogP) is 1.98. The molecule has 0 radical (unpaired) electrons. The Labute approximate surface area is 135 Å². The number of primary amides is 1. The van der Waals surface area contributed by atoms with Gasteiger partial charge in [-0.1, -0.05) is 0 Å². The van der Waals surface area contributed by atoms with Gasteiger partial charge >= 0.3 is 6.18 Å². The quantitative estimate of drug-likeness (QED) is 0.818. The van der Waals surface area contributed by atoms with Crippen molar-refractivity contribution in [3.63, 3.8) is 0 Å². The second kappa shape index (κ2) is 7.06. The lowest BCUT2D eigenvalue weighted by molar-refractivity contribution is -0.140. The fraction of sp³-hybridized carbons (Fsp3) is 0.467. The zero-order valence-electron chi connectivity index (χ0n) is 12.7. The maximum absolute atomic E-state index is 13.2.